The molecule has 1 aromatic rings. The summed E-state index contributed by atoms with van der Waals surface area (Å²) in [6, 6.07) is 9.24. The maximum absolute atomic E-state index is 10.5. The van der Waals surface area contributed by atoms with Crippen molar-refractivity contribution in [2.75, 3.05) is 5.75 Å². The average molecular weight is 383 g/mol. The van der Waals surface area contributed by atoms with Crippen LogP contribution in [0.2, 0.25) is 0 Å². The summed E-state index contributed by atoms with van der Waals surface area (Å²) in [6.07, 6.45) is 6.77. The number of hydrogen-bond acceptors (Lipinski definition) is 3. The number of alkyl halides is 2. The predicted octanol–water partition coefficient (Wildman–Crippen LogP) is 5.21. The van der Waals surface area contributed by atoms with E-state index in [-0.39, 0.29) is 5.75 Å². The van der Waals surface area contributed by atoms with Crippen LogP contribution in [0.5, 0.6) is 5.75 Å². The fourth-order valence-electron chi connectivity index (χ4n) is 2.21. The minimum absolute atomic E-state index is 0.148. The Bertz CT molecular complexity index is 532. The molecule has 0 radical (unpaired) electrons. The fourth-order valence-corrected chi connectivity index (χ4v) is 3.23. The Balaban J connectivity index is 2.03. The lowest BCUT2D eigenvalue weighted by Crippen LogP contribution is -2.21. The van der Waals surface area contributed by atoms with Crippen molar-refractivity contribution in [3.05, 3.63) is 30.3 Å². The van der Waals surface area contributed by atoms with Crippen molar-refractivity contribution in [2.24, 2.45) is 0 Å². The van der Waals surface area contributed by atoms with Crippen molar-refractivity contribution in [1.82, 2.24) is 0 Å². The monoisotopic (exact) mass is 382 g/mol. The van der Waals surface area contributed by atoms with E-state index in [2.05, 4.69) is 0 Å². The molecule has 7 heteroatoms. The summed E-state index contributed by atoms with van der Waals surface area (Å²) in [5.41, 5.74) is 0. The smallest absolute Gasteiger partial charge is 0.264 e. The predicted molar refractivity (Wildman–Crippen MR) is 94.9 cm³/mol. The molecule has 132 valence electrons. The van der Waals surface area contributed by atoms with E-state index in [9.17, 15) is 8.42 Å². The van der Waals surface area contributed by atoms with Crippen molar-refractivity contribution in [2.45, 2.75) is 55.9 Å². The van der Waals surface area contributed by atoms with Gasteiger partial charge in [0.1, 0.15) is 5.75 Å². The van der Waals surface area contributed by atoms with Crippen LogP contribution in [0, 0.1) is 0 Å². The molecule has 0 aliphatic heterocycles. The minimum atomic E-state index is -3.81. The normalized spacial score (nSPS) is 12.3. The number of benzene rings is 1. The summed E-state index contributed by atoms with van der Waals surface area (Å²) >= 11 is 12.3. The SMILES string of the molecule is O=S(=O)(O)CCCCCCCCCC(Cl)(Cl)Oc1ccccc1. The Morgan fingerprint density at radius 3 is 2.00 bits per heavy atom. The van der Waals surface area contributed by atoms with E-state index in [1.807, 2.05) is 30.3 Å². The van der Waals surface area contributed by atoms with Crippen LogP contribution in [0.15, 0.2) is 30.3 Å². The molecule has 0 saturated heterocycles. The van der Waals surface area contributed by atoms with Crippen LogP contribution in [-0.4, -0.2) is 23.2 Å². The van der Waals surface area contributed by atoms with Gasteiger partial charge in [0, 0.05) is 6.42 Å². The molecule has 4 nitrogen and oxygen atoms in total. The van der Waals surface area contributed by atoms with Crippen LogP contribution in [0.4, 0.5) is 0 Å². The highest BCUT2D eigenvalue weighted by atomic mass is 35.5. The van der Waals surface area contributed by atoms with Crippen molar-refractivity contribution < 1.29 is 17.7 Å². The zero-order valence-electron chi connectivity index (χ0n) is 13.1. The first kappa shape index (κ1) is 20.6. The Labute approximate surface area is 148 Å². The molecule has 0 atom stereocenters. The average Bonchev–Trinajstić information content (AvgIpc) is 2.45. The van der Waals surface area contributed by atoms with Gasteiger partial charge in [0.05, 0.1) is 5.75 Å². The van der Waals surface area contributed by atoms with Gasteiger partial charge in [-0.3, -0.25) is 4.55 Å². The summed E-state index contributed by atoms with van der Waals surface area (Å²) in [7, 11) is -3.81. The first-order valence-corrected chi connectivity index (χ1v) is 10.2. The molecule has 0 aliphatic carbocycles. The summed E-state index contributed by atoms with van der Waals surface area (Å²) < 4.78 is 34.0. The molecule has 0 spiro atoms. The molecule has 23 heavy (non-hydrogen) atoms. The molecule has 0 saturated carbocycles. The van der Waals surface area contributed by atoms with Crippen LogP contribution in [0.3, 0.4) is 0 Å². The van der Waals surface area contributed by atoms with Gasteiger partial charge >= 0.3 is 0 Å². The number of halogens is 2. The van der Waals surface area contributed by atoms with Gasteiger partial charge in [0.25, 0.3) is 14.6 Å². The second-order valence-corrected chi connectivity index (χ2v) is 8.55. The highest BCUT2D eigenvalue weighted by Crippen LogP contribution is 2.31. The molecule has 1 aromatic carbocycles. The molecule has 1 N–H and O–H groups in total. The van der Waals surface area contributed by atoms with E-state index in [1.54, 1.807) is 0 Å². The molecule has 0 amide bonds. The van der Waals surface area contributed by atoms with E-state index >= 15 is 0 Å². The van der Waals surface area contributed by atoms with Crippen LogP contribution in [-0.2, 0) is 10.1 Å². The molecule has 0 unspecified atom stereocenters. The van der Waals surface area contributed by atoms with Gasteiger partial charge in [-0.05, 0) is 25.0 Å². The van der Waals surface area contributed by atoms with Crippen LogP contribution >= 0.6 is 23.2 Å². The Morgan fingerprint density at radius 1 is 0.913 bits per heavy atom. The molecule has 1 rings (SSSR count). The van der Waals surface area contributed by atoms with Gasteiger partial charge in [-0.15, -0.1) is 0 Å². The fraction of sp³-hybridized carbons (Fsp3) is 0.625. The topological polar surface area (TPSA) is 63.6 Å². The number of unbranched alkanes of at least 4 members (excludes halogenated alkanes) is 6. The van der Waals surface area contributed by atoms with E-state index in [1.165, 1.54) is 0 Å². The number of ether oxygens (including phenoxy) is 1. The third kappa shape index (κ3) is 11.7. The number of para-hydroxylation sites is 1. The zero-order valence-corrected chi connectivity index (χ0v) is 15.4. The van der Waals surface area contributed by atoms with Gasteiger partial charge in [-0.2, -0.15) is 8.42 Å². The van der Waals surface area contributed by atoms with Crippen molar-refractivity contribution in [1.29, 1.82) is 0 Å². The van der Waals surface area contributed by atoms with E-state index in [0.717, 1.165) is 38.5 Å². The van der Waals surface area contributed by atoms with Crippen molar-refractivity contribution in [3.8, 4) is 5.75 Å². The maximum atomic E-state index is 10.5. The summed E-state index contributed by atoms with van der Waals surface area (Å²) in [5.74, 6) is 0.501. The van der Waals surface area contributed by atoms with E-state index in [4.69, 9.17) is 32.5 Å². The number of rotatable bonds is 12. The third-order valence-corrected chi connectivity index (χ3v) is 4.72. The quantitative estimate of drug-likeness (QED) is 0.306. The van der Waals surface area contributed by atoms with E-state index in [0.29, 0.717) is 18.6 Å². The lowest BCUT2D eigenvalue weighted by molar-refractivity contribution is 0.225. The zero-order chi connectivity index (χ0) is 17.2. The second-order valence-electron chi connectivity index (χ2n) is 5.56. The maximum Gasteiger partial charge on any atom is 0.264 e. The standard InChI is InChI=1S/C16H24Cl2O4S/c17-16(18,22-15-11-7-6-8-12-15)13-9-4-2-1-3-5-10-14-23(19,20)21/h6-8,11-12H,1-5,9-10,13-14H2,(H,19,20,21). The first-order chi connectivity index (χ1) is 10.8. The second kappa shape index (κ2) is 10.4. The Kier molecular flexibility index (Phi) is 9.29. The summed E-state index contributed by atoms with van der Waals surface area (Å²) in [4.78, 5) is 0. The molecular weight excluding hydrogens is 359 g/mol. The summed E-state index contributed by atoms with van der Waals surface area (Å²) in [6.45, 7) is 0. The molecule has 0 heterocycles. The van der Waals surface area contributed by atoms with Crippen LogP contribution in [0.25, 0.3) is 0 Å². The van der Waals surface area contributed by atoms with Gasteiger partial charge in [-0.1, -0.05) is 73.5 Å². The molecule has 0 bridgehead atoms. The van der Waals surface area contributed by atoms with Gasteiger partial charge < -0.3 is 4.74 Å². The Morgan fingerprint density at radius 2 is 1.43 bits per heavy atom. The minimum Gasteiger partial charge on any atom is -0.458 e. The van der Waals surface area contributed by atoms with Crippen LogP contribution < -0.4 is 4.74 Å². The molecular formula is C16H24Cl2O4S. The lowest BCUT2D eigenvalue weighted by Gasteiger charge is -2.21. The highest BCUT2D eigenvalue weighted by Gasteiger charge is 2.25. The van der Waals surface area contributed by atoms with Gasteiger partial charge in [-0.25, -0.2) is 0 Å². The largest absolute Gasteiger partial charge is 0.458 e. The van der Waals surface area contributed by atoms with Crippen molar-refractivity contribution in [3.63, 3.8) is 0 Å². The van der Waals surface area contributed by atoms with Crippen LogP contribution in [0.1, 0.15) is 51.4 Å². The third-order valence-electron chi connectivity index (χ3n) is 3.38. The molecule has 0 fully saturated rings. The molecule has 0 aliphatic rings. The number of hydrogen-bond donors (Lipinski definition) is 1. The van der Waals surface area contributed by atoms with E-state index < -0.39 is 14.6 Å². The summed E-state index contributed by atoms with van der Waals surface area (Å²) in [5, 5.41) is 0. The van der Waals surface area contributed by atoms with Crippen molar-refractivity contribution >= 4 is 33.3 Å². The first-order valence-electron chi connectivity index (χ1n) is 7.86. The highest BCUT2D eigenvalue weighted by molar-refractivity contribution is 7.85. The lowest BCUT2D eigenvalue weighted by atomic mass is 10.1. The molecule has 0 aromatic heterocycles. The van der Waals surface area contributed by atoms with Gasteiger partial charge in [0.15, 0.2) is 0 Å². The Hall–Kier alpha value is -0.490. The van der Waals surface area contributed by atoms with Gasteiger partial charge in [0.2, 0.25) is 0 Å².